The van der Waals surface area contributed by atoms with Crippen LogP contribution in [-0.4, -0.2) is 15.2 Å². The number of phenols is 2. The zero-order valence-corrected chi connectivity index (χ0v) is 11.6. The Morgan fingerprint density at radius 1 is 1.05 bits per heavy atom. The quantitative estimate of drug-likeness (QED) is 0.682. The first kappa shape index (κ1) is 13.2. The van der Waals surface area contributed by atoms with Crippen molar-refractivity contribution in [3.63, 3.8) is 0 Å². The average Bonchev–Trinajstić information content (AvgIpc) is 2.47. The van der Waals surface area contributed by atoms with Crippen LogP contribution in [0.5, 0.6) is 11.5 Å². The third kappa shape index (κ3) is 2.74. The van der Waals surface area contributed by atoms with Crippen LogP contribution < -0.4 is 5.32 Å². The normalized spacial score (nSPS) is 12.2. The molecule has 1 aromatic heterocycles. The van der Waals surface area contributed by atoms with Crippen molar-refractivity contribution < 1.29 is 10.2 Å². The zero-order valence-electron chi connectivity index (χ0n) is 11.6. The lowest BCUT2D eigenvalue weighted by molar-refractivity contribution is 0.444. The molecule has 0 fully saturated rings. The van der Waals surface area contributed by atoms with E-state index in [2.05, 4.69) is 10.3 Å². The van der Waals surface area contributed by atoms with Crippen LogP contribution in [0.15, 0.2) is 54.7 Å². The highest BCUT2D eigenvalue weighted by molar-refractivity contribution is 5.82. The van der Waals surface area contributed by atoms with Gasteiger partial charge < -0.3 is 15.5 Å². The van der Waals surface area contributed by atoms with Crippen LogP contribution in [0, 0.1) is 0 Å². The molecule has 0 aliphatic carbocycles. The van der Waals surface area contributed by atoms with Gasteiger partial charge >= 0.3 is 0 Å². The maximum atomic E-state index is 9.90. The number of aromatic nitrogens is 1. The molecule has 0 spiro atoms. The Morgan fingerprint density at radius 3 is 2.71 bits per heavy atom. The van der Waals surface area contributed by atoms with E-state index in [-0.39, 0.29) is 17.5 Å². The van der Waals surface area contributed by atoms with Gasteiger partial charge in [0.1, 0.15) is 11.5 Å². The van der Waals surface area contributed by atoms with Crippen molar-refractivity contribution in [2.45, 2.75) is 13.0 Å². The highest BCUT2D eigenvalue weighted by atomic mass is 16.3. The molecule has 0 aliphatic rings. The van der Waals surface area contributed by atoms with Gasteiger partial charge in [-0.05, 0) is 43.3 Å². The van der Waals surface area contributed by atoms with Crippen LogP contribution in [0.3, 0.4) is 0 Å². The van der Waals surface area contributed by atoms with Crippen molar-refractivity contribution >= 4 is 16.6 Å². The van der Waals surface area contributed by atoms with E-state index in [1.54, 1.807) is 18.3 Å². The predicted octanol–water partition coefficient (Wildman–Crippen LogP) is 3.82. The molecule has 3 N–H and O–H groups in total. The Hall–Kier alpha value is -2.75. The third-order valence-electron chi connectivity index (χ3n) is 3.47. The molecule has 0 saturated carbocycles. The minimum absolute atomic E-state index is 0.0558. The number of rotatable bonds is 3. The Balaban J connectivity index is 1.87. The lowest BCUT2D eigenvalue weighted by Gasteiger charge is -2.17. The summed E-state index contributed by atoms with van der Waals surface area (Å²) >= 11 is 0. The Bertz CT molecular complexity index is 787. The molecule has 21 heavy (non-hydrogen) atoms. The average molecular weight is 280 g/mol. The molecule has 1 heterocycles. The number of fused-ring (bicyclic) bond motifs is 1. The van der Waals surface area contributed by atoms with Crippen molar-refractivity contribution in [2.24, 2.45) is 0 Å². The standard InChI is InChI=1S/C17H16N2O2/c1-11(15-6-5-14(20)10-17(15)21)19-13-4-7-16-12(9-13)3-2-8-18-16/h2-11,19-21H,1H3. The molecular weight excluding hydrogens is 264 g/mol. The minimum Gasteiger partial charge on any atom is -0.508 e. The Kier molecular flexibility index (Phi) is 3.36. The van der Waals surface area contributed by atoms with E-state index in [1.165, 1.54) is 6.07 Å². The molecule has 4 nitrogen and oxygen atoms in total. The number of pyridine rings is 1. The fourth-order valence-corrected chi connectivity index (χ4v) is 2.39. The second-order valence-corrected chi connectivity index (χ2v) is 5.02. The molecule has 1 unspecified atom stereocenters. The first-order chi connectivity index (χ1) is 10.1. The van der Waals surface area contributed by atoms with Crippen molar-refractivity contribution in [1.29, 1.82) is 0 Å². The van der Waals surface area contributed by atoms with E-state index >= 15 is 0 Å². The highest BCUT2D eigenvalue weighted by Gasteiger charge is 2.11. The van der Waals surface area contributed by atoms with Gasteiger partial charge in [0.25, 0.3) is 0 Å². The molecule has 0 saturated heterocycles. The smallest absolute Gasteiger partial charge is 0.124 e. The van der Waals surface area contributed by atoms with Crippen LogP contribution >= 0.6 is 0 Å². The molecule has 0 bridgehead atoms. The maximum absolute atomic E-state index is 9.90. The molecule has 2 aromatic carbocycles. The molecule has 1 atom stereocenters. The topological polar surface area (TPSA) is 65.4 Å². The largest absolute Gasteiger partial charge is 0.508 e. The van der Waals surface area contributed by atoms with E-state index in [0.29, 0.717) is 0 Å². The molecule has 106 valence electrons. The first-order valence-electron chi connectivity index (χ1n) is 6.77. The van der Waals surface area contributed by atoms with Crippen LogP contribution in [0.4, 0.5) is 5.69 Å². The summed E-state index contributed by atoms with van der Waals surface area (Å²) in [6, 6.07) is 14.4. The number of benzene rings is 2. The second kappa shape index (κ2) is 5.32. The number of anilines is 1. The first-order valence-corrected chi connectivity index (χ1v) is 6.77. The van der Waals surface area contributed by atoms with Gasteiger partial charge in [0.2, 0.25) is 0 Å². The summed E-state index contributed by atoms with van der Waals surface area (Å²) in [6.07, 6.45) is 1.77. The van der Waals surface area contributed by atoms with Gasteiger partial charge in [-0.1, -0.05) is 6.07 Å². The number of phenolic OH excluding ortho intramolecular Hbond substituents is 2. The third-order valence-corrected chi connectivity index (χ3v) is 3.47. The second-order valence-electron chi connectivity index (χ2n) is 5.02. The summed E-state index contributed by atoms with van der Waals surface area (Å²) < 4.78 is 0. The van der Waals surface area contributed by atoms with Crippen molar-refractivity contribution in [2.75, 3.05) is 5.32 Å². The van der Waals surface area contributed by atoms with Gasteiger partial charge in [-0.15, -0.1) is 0 Å². The van der Waals surface area contributed by atoms with Gasteiger partial charge in [0.05, 0.1) is 11.6 Å². The number of aromatic hydroxyl groups is 2. The summed E-state index contributed by atoms with van der Waals surface area (Å²) in [6.45, 7) is 1.96. The molecule has 3 aromatic rings. The van der Waals surface area contributed by atoms with E-state index in [1.807, 2.05) is 37.3 Å². The fraction of sp³-hybridized carbons (Fsp3) is 0.118. The van der Waals surface area contributed by atoms with E-state index in [0.717, 1.165) is 22.2 Å². The lowest BCUT2D eigenvalue weighted by atomic mass is 10.1. The maximum Gasteiger partial charge on any atom is 0.124 e. The van der Waals surface area contributed by atoms with Crippen LogP contribution in [0.2, 0.25) is 0 Å². The zero-order chi connectivity index (χ0) is 14.8. The van der Waals surface area contributed by atoms with Crippen molar-refractivity contribution in [3.05, 3.63) is 60.3 Å². The van der Waals surface area contributed by atoms with Crippen molar-refractivity contribution in [1.82, 2.24) is 4.98 Å². The summed E-state index contributed by atoms with van der Waals surface area (Å²) in [5, 5.41) is 23.6. The molecule has 4 heteroatoms. The van der Waals surface area contributed by atoms with Gasteiger partial charge in [-0.3, -0.25) is 4.98 Å². The Morgan fingerprint density at radius 2 is 1.90 bits per heavy atom. The molecule has 0 aliphatic heterocycles. The van der Waals surface area contributed by atoms with E-state index in [9.17, 15) is 10.2 Å². The SMILES string of the molecule is CC(Nc1ccc2ncccc2c1)c1ccc(O)cc1O. The summed E-state index contributed by atoms with van der Waals surface area (Å²) in [4.78, 5) is 4.29. The number of nitrogens with one attached hydrogen (secondary N) is 1. The molecule has 3 rings (SSSR count). The molecule has 0 radical (unpaired) electrons. The summed E-state index contributed by atoms with van der Waals surface area (Å²) in [5.74, 6) is 0.137. The summed E-state index contributed by atoms with van der Waals surface area (Å²) in [5.41, 5.74) is 2.64. The van der Waals surface area contributed by atoms with Crippen LogP contribution in [0.25, 0.3) is 10.9 Å². The van der Waals surface area contributed by atoms with Gasteiger partial charge in [-0.2, -0.15) is 0 Å². The number of hydrogen-bond donors (Lipinski definition) is 3. The van der Waals surface area contributed by atoms with Gasteiger partial charge in [0, 0.05) is 28.9 Å². The summed E-state index contributed by atoms with van der Waals surface area (Å²) in [7, 11) is 0. The monoisotopic (exact) mass is 280 g/mol. The number of nitrogens with zero attached hydrogens (tertiary/aromatic N) is 1. The molecule has 0 amide bonds. The van der Waals surface area contributed by atoms with Gasteiger partial charge in [0.15, 0.2) is 0 Å². The van der Waals surface area contributed by atoms with E-state index < -0.39 is 0 Å². The van der Waals surface area contributed by atoms with Crippen molar-refractivity contribution in [3.8, 4) is 11.5 Å². The predicted molar refractivity (Wildman–Crippen MR) is 83.6 cm³/mol. The minimum atomic E-state index is -0.0836. The molecular formula is C17H16N2O2. The Labute approximate surface area is 122 Å². The lowest BCUT2D eigenvalue weighted by Crippen LogP contribution is -2.06. The van der Waals surface area contributed by atoms with Crippen LogP contribution in [0.1, 0.15) is 18.5 Å². The van der Waals surface area contributed by atoms with Crippen LogP contribution in [-0.2, 0) is 0 Å². The highest BCUT2D eigenvalue weighted by Crippen LogP contribution is 2.30. The van der Waals surface area contributed by atoms with Gasteiger partial charge in [-0.25, -0.2) is 0 Å². The van der Waals surface area contributed by atoms with E-state index in [4.69, 9.17) is 0 Å². The number of hydrogen-bond acceptors (Lipinski definition) is 4. The fourth-order valence-electron chi connectivity index (χ4n) is 2.39.